The molecule has 2 rings (SSSR count). The first-order valence-corrected chi connectivity index (χ1v) is 6.37. The fraction of sp³-hybridized carbons (Fsp3) is 0.267. The molecule has 0 amide bonds. The van der Waals surface area contributed by atoms with Crippen LogP contribution in [0, 0.1) is 0 Å². The van der Waals surface area contributed by atoms with Gasteiger partial charge in [-0.25, -0.2) is 4.98 Å². The Balaban J connectivity index is 2.07. The largest absolute Gasteiger partial charge is 0.489 e. The third kappa shape index (κ3) is 3.23. The fourth-order valence-corrected chi connectivity index (χ4v) is 1.83. The van der Waals surface area contributed by atoms with E-state index in [0.29, 0.717) is 17.7 Å². The summed E-state index contributed by atoms with van der Waals surface area (Å²) in [6.45, 7) is 4.77. The van der Waals surface area contributed by atoms with Crippen LogP contribution in [0.15, 0.2) is 42.6 Å². The van der Waals surface area contributed by atoms with Gasteiger partial charge in [0.1, 0.15) is 17.5 Å². The molecule has 0 aliphatic heterocycles. The average Bonchev–Trinajstić information content (AvgIpc) is 2.38. The molecule has 0 saturated heterocycles. The Bertz CT molecular complexity index is 525. The second kappa shape index (κ2) is 5.87. The van der Waals surface area contributed by atoms with Crippen molar-refractivity contribution in [2.24, 2.45) is 0 Å². The Morgan fingerprint density at radius 2 is 2.06 bits per heavy atom. The molecular formula is C15H16ClNO. The van der Waals surface area contributed by atoms with E-state index in [1.807, 2.05) is 24.3 Å². The van der Waals surface area contributed by atoms with Crippen LogP contribution in [0.1, 0.15) is 30.9 Å². The van der Waals surface area contributed by atoms with Gasteiger partial charge in [0, 0.05) is 11.8 Å². The molecule has 0 spiro atoms. The number of pyridine rings is 1. The molecule has 3 heteroatoms. The third-order valence-corrected chi connectivity index (χ3v) is 3.10. The molecule has 0 atom stereocenters. The Morgan fingerprint density at radius 3 is 2.78 bits per heavy atom. The predicted octanol–water partition coefficient (Wildman–Crippen LogP) is 4.44. The molecule has 0 radical (unpaired) electrons. The van der Waals surface area contributed by atoms with Crippen LogP contribution in [0.5, 0.6) is 5.75 Å². The van der Waals surface area contributed by atoms with Crippen LogP contribution >= 0.6 is 11.6 Å². The molecule has 0 N–H and O–H groups in total. The van der Waals surface area contributed by atoms with Crippen molar-refractivity contribution in [2.45, 2.75) is 26.4 Å². The van der Waals surface area contributed by atoms with Crippen molar-refractivity contribution in [3.05, 3.63) is 58.9 Å². The van der Waals surface area contributed by atoms with E-state index in [1.165, 1.54) is 5.56 Å². The number of hydrogen-bond acceptors (Lipinski definition) is 2. The van der Waals surface area contributed by atoms with Gasteiger partial charge >= 0.3 is 0 Å². The molecule has 1 aromatic heterocycles. The lowest BCUT2D eigenvalue weighted by molar-refractivity contribution is 0.305. The van der Waals surface area contributed by atoms with E-state index >= 15 is 0 Å². The first-order valence-electron chi connectivity index (χ1n) is 5.99. The standard InChI is InChI=1S/C15H16ClNO/c1-11(2)12-5-3-7-14(9-12)18-10-13-6-4-8-17-15(13)16/h3-9,11H,10H2,1-2H3. The summed E-state index contributed by atoms with van der Waals surface area (Å²) in [6.07, 6.45) is 1.67. The van der Waals surface area contributed by atoms with Crippen LogP contribution in [0.2, 0.25) is 5.15 Å². The van der Waals surface area contributed by atoms with Crippen LogP contribution in [-0.2, 0) is 6.61 Å². The molecule has 2 aromatic rings. The number of halogens is 1. The lowest BCUT2D eigenvalue weighted by Crippen LogP contribution is -1.98. The van der Waals surface area contributed by atoms with Gasteiger partial charge in [0.2, 0.25) is 0 Å². The zero-order valence-corrected chi connectivity index (χ0v) is 11.3. The van der Waals surface area contributed by atoms with Gasteiger partial charge in [-0.05, 0) is 29.7 Å². The number of rotatable bonds is 4. The Kier molecular flexibility index (Phi) is 4.21. The van der Waals surface area contributed by atoms with Gasteiger partial charge in [-0.15, -0.1) is 0 Å². The third-order valence-electron chi connectivity index (χ3n) is 2.76. The number of aromatic nitrogens is 1. The topological polar surface area (TPSA) is 22.1 Å². The normalized spacial score (nSPS) is 10.7. The van der Waals surface area contributed by atoms with E-state index in [4.69, 9.17) is 16.3 Å². The molecule has 18 heavy (non-hydrogen) atoms. The maximum Gasteiger partial charge on any atom is 0.135 e. The second-order valence-corrected chi connectivity index (χ2v) is 4.83. The van der Waals surface area contributed by atoms with E-state index < -0.39 is 0 Å². The summed E-state index contributed by atoms with van der Waals surface area (Å²) in [5, 5.41) is 0.498. The molecule has 0 unspecified atom stereocenters. The van der Waals surface area contributed by atoms with Crippen molar-refractivity contribution in [1.82, 2.24) is 4.98 Å². The van der Waals surface area contributed by atoms with Crippen LogP contribution in [0.3, 0.4) is 0 Å². The first-order chi connectivity index (χ1) is 8.66. The van der Waals surface area contributed by atoms with Gasteiger partial charge in [-0.3, -0.25) is 0 Å². The number of ether oxygens (including phenoxy) is 1. The van der Waals surface area contributed by atoms with Gasteiger partial charge in [0.05, 0.1) is 0 Å². The van der Waals surface area contributed by atoms with Gasteiger partial charge < -0.3 is 4.74 Å². The summed E-state index contributed by atoms with van der Waals surface area (Å²) in [6, 6.07) is 11.9. The van der Waals surface area contributed by atoms with Crippen molar-refractivity contribution in [3.63, 3.8) is 0 Å². The predicted molar refractivity (Wildman–Crippen MR) is 74.1 cm³/mol. The van der Waals surface area contributed by atoms with E-state index in [-0.39, 0.29) is 0 Å². The minimum Gasteiger partial charge on any atom is -0.489 e. The minimum absolute atomic E-state index is 0.439. The zero-order valence-electron chi connectivity index (χ0n) is 10.6. The molecule has 94 valence electrons. The van der Waals surface area contributed by atoms with Crippen LogP contribution in [0.25, 0.3) is 0 Å². The summed E-state index contributed by atoms with van der Waals surface area (Å²) in [5.41, 5.74) is 2.17. The van der Waals surface area contributed by atoms with Gasteiger partial charge in [0.25, 0.3) is 0 Å². The minimum atomic E-state index is 0.439. The van der Waals surface area contributed by atoms with Crippen molar-refractivity contribution >= 4 is 11.6 Å². The molecule has 0 saturated carbocycles. The molecule has 0 aliphatic carbocycles. The maximum absolute atomic E-state index is 5.98. The van der Waals surface area contributed by atoms with Crippen molar-refractivity contribution in [2.75, 3.05) is 0 Å². The number of hydrogen-bond donors (Lipinski definition) is 0. The highest BCUT2D eigenvalue weighted by atomic mass is 35.5. The highest BCUT2D eigenvalue weighted by Gasteiger charge is 2.03. The summed E-state index contributed by atoms with van der Waals surface area (Å²) < 4.78 is 5.74. The quantitative estimate of drug-likeness (QED) is 0.759. The van der Waals surface area contributed by atoms with Gasteiger partial charge in [-0.2, -0.15) is 0 Å². The van der Waals surface area contributed by atoms with Gasteiger partial charge in [0.15, 0.2) is 0 Å². The second-order valence-electron chi connectivity index (χ2n) is 4.47. The van der Waals surface area contributed by atoms with Gasteiger partial charge in [-0.1, -0.05) is 43.6 Å². The Labute approximate surface area is 113 Å². The number of benzene rings is 1. The lowest BCUT2D eigenvalue weighted by Gasteiger charge is -2.10. The molecule has 1 aromatic carbocycles. The average molecular weight is 262 g/mol. The zero-order chi connectivity index (χ0) is 13.0. The summed E-state index contributed by atoms with van der Waals surface area (Å²) in [7, 11) is 0. The van der Waals surface area contributed by atoms with Crippen LogP contribution < -0.4 is 4.74 Å². The fourth-order valence-electron chi connectivity index (χ4n) is 1.65. The number of nitrogens with zero attached hydrogens (tertiary/aromatic N) is 1. The highest BCUT2D eigenvalue weighted by Crippen LogP contribution is 2.21. The molecule has 0 aliphatic rings. The lowest BCUT2D eigenvalue weighted by atomic mass is 10.0. The molecule has 0 bridgehead atoms. The molecule has 1 heterocycles. The maximum atomic E-state index is 5.98. The van der Waals surface area contributed by atoms with Crippen LogP contribution in [0.4, 0.5) is 0 Å². The SMILES string of the molecule is CC(C)c1cccc(OCc2cccnc2Cl)c1. The summed E-state index contributed by atoms with van der Waals surface area (Å²) >= 11 is 5.98. The van der Waals surface area contributed by atoms with Crippen LogP contribution in [-0.4, -0.2) is 4.98 Å². The molecule has 2 nitrogen and oxygen atoms in total. The van der Waals surface area contributed by atoms with E-state index in [1.54, 1.807) is 6.20 Å². The molecule has 0 fully saturated rings. The Morgan fingerprint density at radius 1 is 1.22 bits per heavy atom. The van der Waals surface area contributed by atoms with E-state index in [0.717, 1.165) is 11.3 Å². The van der Waals surface area contributed by atoms with Crippen molar-refractivity contribution in [1.29, 1.82) is 0 Å². The van der Waals surface area contributed by atoms with Crippen molar-refractivity contribution in [3.8, 4) is 5.75 Å². The molecular weight excluding hydrogens is 246 g/mol. The van der Waals surface area contributed by atoms with Crippen molar-refractivity contribution < 1.29 is 4.74 Å². The monoisotopic (exact) mass is 261 g/mol. The van der Waals surface area contributed by atoms with E-state index in [9.17, 15) is 0 Å². The summed E-state index contributed by atoms with van der Waals surface area (Å²) in [4.78, 5) is 4.02. The Hall–Kier alpha value is -1.54. The first kappa shape index (κ1) is 12.9. The summed E-state index contributed by atoms with van der Waals surface area (Å²) in [5.74, 6) is 1.36. The smallest absolute Gasteiger partial charge is 0.135 e. The highest BCUT2D eigenvalue weighted by molar-refractivity contribution is 6.30. The van der Waals surface area contributed by atoms with E-state index in [2.05, 4.69) is 31.0 Å².